The fraction of sp³-hybridized carbons (Fsp3) is 0.0909. The summed E-state index contributed by atoms with van der Waals surface area (Å²) >= 11 is 13.0. The number of anilines is 1. The van der Waals surface area contributed by atoms with Crippen LogP contribution in [0.4, 0.5) is 5.82 Å². The van der Waals surface area contributed by atoms with Crippen molar-refractivity contribution in [3.8, 4) is 29.0 Å². The Bertz CT molecular complexity index is 1250. The van der Waals surface area contributed by atoms with E-state index in [1.54, 1.807) is 43.5 Å². The molecule has 3 rings (SSSR count). The lowest BCUT2D eigenvalue weighted by molar-refractivity contribution is 0.102. The molecule has 0 atom stereocenters. The molecule has 2 N–H and O–H groups in total. The van der Waals surface area contributed by atoms with Crippen LogP contribution in [-0.2, 0) is 0 Å². The van der Waals surface area contributed by atoms with Gasteiger partial charge in [0, 0.05) is 16.1 Å². The second-order valence-electron chi connectivity index (χ2n) is 6.22. The van der Waals surface area contributed by atoms with Crippen LogP contribution in [0.3, 0.4) is 0 Å². The number of halogens is 2. The van der Waals surface area contributed by atoms with Gasteiger partial charge in [-0.1, -0.05) is 47.1 Å². The number of rotatable bonds is 6. The number of nitriles is 2. The fourth-order valence-electron chi connectivity index (χ4n) is 2.88. The number of thioether (sulfide) groups is 1. The van der Waals surface area contributed by atoms with Crippen LogP contribution in [0.5, 0.6) is 5.75 Å². The molecule has 0 unspecified atom stereocenters. The van der Waals surface area contributed by atoms with Crippen molar-refractivity contribution in [3.63, 3.8) is 0 Å². The van der Waals surface area contributed by atoms with Gasteiger partial charge in [0.25, 0.3) is 0 Å². The molecule has 0 aliphatic heterocycles. The summed E-state index contributed by atoms with van der Waals surface area (Å²) in [5, 5.41) is 20.3. The molecule has 0 amide bonds. The standard InChI is InChI=1S/C22H14Cl2N4O2S/c1-30-14-5-2-12(3-6-14)20-16(9-25)21(27)28-22(17(20)10-26)31-11-19(29)15-7-4-13(23)8-18(15)24/h2-8H,11H2,1H3,(H2,27,28). The summed E-state index contributed by atoms with van der Waals surface area (Å²) in [4.78, 5) is 16.8. The largest absolute Gasteiger partial charge is 0.497 e. The first kappa shape index (κ1) is 22.5. The van der Waals surface area contributed by atoms with Gasteiger partial charge in [-0.3, -0.25) is 4.79 Å². The Kier molecular flexibility index (Phi) is 7.04. The number of hydrogen-bond acceptors (Lipinski definition) is 7. The highest BCUT2D eigenvalue weighted by Crippen LogP contribution is 2.36. The molecule has 2 aromatic carbocycles. The molecule has 0 bridgehead atoms. The summed E-state index contributed by atoms with van der Waals surface area (Å²) in [5.41, 5.74) is 7.55. The Labute approximate surface area is 193 Å². The minimum absolute atomic E-state index is 0.0215. The second-order valence-corrected chi connectivity index (χ2v) is 8.02. The van der Waals surface area contributed by atoms with E-state index in [-0.39, 0.29) is 38.5 Å². The molecule has 9 heteroatoms. The maximum Gasteiger partial charge on any atom is 0.174 e. The van der Waals surface area contributed by atoms with Gasteiger partial charge in [-0.2, -0.15) is 10.5 Å². The minimum Gasteiger partial charge on any atom is -0.497 e. The van der Waals surface area contributed by atoms with Gasteiger partial charge in [-0.05, 0) is 35.9 Å². The van der Waals surface area contributed by atoms with Crippen molar-refractivity contribution in [2.75, 3.05) is 18.6 Å². The van der Waals surface area contributed by atoms with E-state index in [2.05, 4.69) is 11.1 Å². The van der Waals surface area contributed by atoms with E-state index < -0.39 is 0 Å². The van der Waals surface area contributed by atoms with Crippen LogP contribution in [-0.4, -0.2) is 23.6 Å². The van der Waals surface area contributed by atoms with Gasteiger partial charge in [0.2, 0.25) is 0 Å². The van der Waals surface area contributed by atoms with Crippen LogP contribution in [0.15, 0.2) is 47.5 Å². The third-order valence-corrected chi connectivity index (χ3v) is 5.89. The molecule has 0 saturated carbocycles. The van der Waals surface area contributed by atoms with Crippen LogP contribution >= 0.6 is 35.0 Å². The Morgan fingerprint density at radius 2 is 1.81 bits per heavy atom. The Hall–Kier alpha value is -3.23. The number of nitrogens with two attached hydrogens (primary N) is 1. The fourth-order valence-corrected chi connectivity index (χ4v) is 4.27. The monoisotopic (exact) mass is 468 g/mol. The predicted octanol–water partition coefficient (Wildman–Crippen LogP) is 5.36. The summed E-state index contributed by atoms with van der Waals surface area (Å²) in [5.74, 6) is 0.317. The molecular formula is C22H14Cl2N4O2S. The number of aromatic nitrogens is 1. The van der Waals surface area contributed by atoms with E-state index in [1.807, 2.05) is 6.07 Å². The van der Waals surface area contributed by atoms with E-state index in [0.29, 0.717) is 27.5 Å². The molecule has 3 aromatic rings. The summed E-state index contributed by atoms with van der Waals surface area (Å²) in [6.45, 7) is 0. The lowest BCUT2D eigenvalue weighted by Crippen LogP contribution is -2.07. The number of Topliss-reactive ketones (excluding diaryl/α,β-unsaturated/α-hetero) is 1. The zero-order valence-electron chi connectivity index (χ0n) is 16.1. The summed E-state index contributed by atoms with van der Waals surface area (Å²) < 4.78 is 5.16. The molecule has 0 radical (unpaired) electrons. The van der Waals surface area contributed by atoms with Gasteiger partial charge in [0.05, 0.1) is 23.4 Å². The molecule has 0 aliphatic rings. The molecule has 154 valence electrons. The zero-order chi connectivity index (χ0) is 22.5. The summed E-state index contributed by atoms with van der Waals surface area (Å²) in [6.07, 6.45) is 0. The molecule has 31 heavy (non-hydrogen) atoms. The molecule has 1 aromatic heterocycles. The van der Waals surface area contributed by atoms with E-state index >= 15 is 0 Å². The number of hydrogen-bond donors (Lipinski definition) is 1. The molecule has 0 saturated heterocycles. The molecule has 6 nitrogen and oxygen atoms in total. The normalized spacial score (nSPS) is 10.2. The third kappa shape index (κ3) is 4.76. The maximum atomic E-state index is 12.6. The summed E-state index contributed by atoms with van der Waals surface area (Å²) in [7, 11) is 1.54. The smallest absolute Gasteiger partial charge is 0.174 e. The van der Waals surface area contributed by atoms with Crippen molar-refractivity contribution in [1.82, 2.24) is 4.98 Å². The highest BCUT2D eigenvalue weighted by molar-refractivity contribution is 8.00. The lowest BCUT2D eigenvalue weighted by Gasteiger charge is -2.13. The van der Waals surface area contributed by atoms with Crippen LogP contribution in [0.25, 0.3) is 11.1 Å². The maximum absolute atomic E-state index is 12.6. The van der Waals surface area contributed by atoms with Crippen molar-refractivity contribution < 1.29 is 9.53 Å². The van der Waals surface area contributed by atoms with Crippen molar-refractivity contribution in [2.24, 2.45) is 0 Å². The zero-order valence-corrected chi connectivity index (χ0v) is 18.5. The number of ketones is 1. The molecular weight excluding hydrogens is 455 g/mol. The first-order valence-electron chi connectivity index (χ1n) is 8.78. The van der Waals surface area contributed by atoms with Gasteiger partial charge >= 0.3 is 0 Å². The molecule has 0 fully saturated rings. The van der Waals surface area contributed by atoms with Gasteiger partial charge in [-0.25, -0.2) is 4.98 Å². The van der Waals surface area contributed by atoms with Crippen LogP contribution in [0, 0.1) is 22.7 Å². The number of nitrogen functional groups attached to an aromatic ring is 1. The highest BCUT2D eigenvalue weighted by Gasteiger charge is 2.22. The quantitative estimate of drug-likeness (QED) is 0.382. The van der Waals surface area contributed by atoms with E-state index in [9.17, 15) is 15.3 Å². The van der Waals surface area contributed by atoms with E-state index in [0.717, 1.165) is 11.8 Å². The highest BCUT2D eigenvalue weighted by atomic mass is 35.5. The van der Waals surface area contributed by atoms with Crippen LogP contribution < -0.4 is 10.5 Å². The van der Waals surface area contributed by atoms with Crippen LogP contribution in [0.2, 0.25) is 10.0 Å². The topological polar surface area (TPSA) is 113 Å². The van der Waals surface area contributed by atoms with Gasteiger partial charge in [0.1, 0.15) is 34.3 Å². The third-order valence-electron chi connectivity index (χ3n) is 4.37. The predicted molar refractivity (Wildman–Crippen MR) is 122 cm³/mol. The van der Waals surface area contributed by atoms with Crippen LogP contribution in [0.1, 0.15) is 21.5 Å². The number of nitrogens with zero attached hydrogens (tertiary/aromatic N) is 3. The first-order chi connectivity index (χ1) is 14.9. The minimum atomic E-state index is -0.258. The van der Waals surface area contributed by atoms with Crippen molar-refractivity contribution in [1.29, 1.82) is 10.5 Å². The number of carbonyl (C=O) groups excluding carboxylic acids is 1. The van der Waals surface area contributed by atoms with Crippen molar-refractivity contribution in [3.05, 3.63) is 69.2 Å². The number of pyridine rings is 1. The molecule has 1 heterocycles. The van der Waals surface area contributed by atoms with Crippen molar-refractivity contribution in [2.45, 2.75) is 5.03 Å². The average molecular weight is 469 g/mol. The van der Waals surface area contributed by atoms with E-state index in [1.165, 1.54) is 6.07 Å². The molecule has 0 aliphatic carbocycles. The first-order valence-corrected chi connectivity index (χ1v) is 10.5. The lowest BCUT2D eigenvalue weighted by atomic mass is 9.97. The van der Waals surface area contributed by atoms with E-state index in [4.69, 9.17) is 33.7 Å². The Balaban J connectivity index is 2.01. The van der Waals surface area contributed by atoms with Gasteiger partial charge < -0.3 is 10.5 Å². The van der Waals surface area contributed by atoms with Crippen molar-refractivity contribution >= 4 is 46.6 Å². The molecule has 0 spiro atoms. The Morgan fingerprint density at radius 1 is 1.13 bits per heavy atom. The average Bonchev–Trinajstić information content (AvgIpc) is 2.77. The van der Waals surface area contributed by atoms with Gasteiger partial charge in [0.15, 0.2) is 5.78 Å². The number of methoxy groups -OCH3 is 1. The second kappa shape index (κ2) is 9.72. The number of ether oxygens (including phenoxy) is 1. The number of benzene rings is 2. The number of carbonyl (C=O) groups is 1. The SMILES string of the molecule is COc1ccc(-c2c(C#N)c(N)nc(SCC(=O)c3ccc(Cl)cc3Cl)c2C#N)cc1. The summed E-state index contributed by atoms with van der Waals surface area (Å²) in [6, 6.07) is 15.6. The van der Waals surface area contributed by atoms with Gasteiger partial charge in [-0.15, -0.1) is 0 Å². The Morgan fingerprint density at radius 3 is 2.39 bits per heavy atom.